The minimum atomic E-state index is 0.106. The second-order valence-electron chi connectivity index (χ2n) is 5.39. The van der Waals surface area contributed by atoms with Gasteiger partial charge >= 0.3 is 0 Å². The molecule has 1 saturated carbocycles. The molecule has 1 aromatic carbocycles. The smallest absolute Gasteiger partial charge is 0.220 e. The summed E-state index contributed by atoms with van der Waals surface area (Å²) in [4.78, 5) is 12.0. The first kappa shape index (κ1) is 14.1. The molecule has 19 heavy (non-hydrogen) atoms. The van der Waals surface area contributed by atoms with Gasteiger partial charge in [0, 0.05) is 25.0 Å². The minimum Gasteiger partial charge on any atom is -0.396 e. The molecular weight excluding hydrogens is 238 g/mol. The van der Waals surface area contributed by atoms with E-state index >= 15 is 0 Å². The molecule has 3 heteroatoms. The molecule has 104 valence electrons. The van der Waals surface area contributed by atoms with Gasteiger partial charge in [-0.05, 0) is 24.8 Å². The molecule has 2 unspecified atom stereocenters. The van der Waals surface area contributed by atoms with E-state index in [1.54, 1.807) is 0 Å². The summed E-state index contributed by atoms with van der Waals surface area (Å²) in [6.07, 6.45) is 5.66. The van der Waals surface area contributed by atoms with Crippen LogP contribution >= 0.6 is 0 Å². The van der Waals surface area contributed by atoms with Crippen LogP contribution in [0.1, 0.15) is 37.7 Å². The fourth-order valence-corrected chi connectivity index (χ4v) is 2.80. The van der Waals surface area contributed by atoms with E-state index in [2.05, 4.69) is 5.32 Å². The van der Waals surface area contributed by atoms with Crippen LogP contribution in [0.2, 0.25) is 0 Å². The Morgan fingerprint density at radius 2 is 1.95 bits per heavy atom. The van der Waals surface area contributed by atoms with Gasteiger partial charge in [-0.25, -0.2) is 0 Å². The van der Waals surface area contributed by atoms with Crippen molar-refractivity contribution >= 4 is 5.91 Å². The number of amides is 1. The van der Waals surface area contributed by atoms with Gasteiger partial charge in [-0.15, -0.1) is 0 Å². The predicted octanol–water partition coefficient (Wildman–Crippen LogP) is 2.29. The molecule has 0 spiro atoms. The van der Waals surface area contributed by atoms with Crippen molar-refractivity contribution in [3.05, 3.63) is 35.9 Å². The lowest BCUT2D eigenvalue weighted by Crippen LogP contribution is -2.43. The Morgan fingerprint density at radius 1 is 1.21 bits per heavy atom. The zero-order valence-corrected chi connectivity index (χ0v) is 11.3. The van der Waals surface area contributed by atoms with Crippen molar-refractivity contribution in [2.45, 2.75) is 44.6 Å². The number of aliphatic hydroxyl groups excluding tert-OH is 1. The van der Waals surface area contributed by atoms with Crippen LogP contribution < -0.4 is 5.32 Å². The Bertz CT molecular complexity index is 391. The average Bonchev–Trinajstić information content (AvgIpc) is 2.47. The van der Waals surface area contributed by atoms with E-state index in [1.165, 1.54) is 12.0 Å². The lowest BCUT2D eigenvalue weighted by atomic mass is 9.85. The summed E-state index contributed by atoms with van der Waals surface area (Å²) in [6, 6.07) is 10.2. The van der Waals surface area contributed by atoms with Crippen molar-refractivity contribution in [1.82, 2.24) is 5.32 Å². The van der Waals surface area contributed by atoms with Gasteiger partial charge in [0.1, 0.15) is 0 Å². The van der Waals surface area contributed by atoms with E-state index in [0.29, 0.717) is 6.42 Å². The molecule has 1 amide bonds. The Labute approximate surface area is 115 Å². The summed E-state index contributed by atoms with van der Waals surface area (Å²) in [6.45, 7) is 0.184. The largest absolute Gasteiger partial charge is 0.396 e. The highest BCUT2D eigenvalue weighted by Crippen LogP contribution is 2.24. The fraction of sp³-hybridized carbons (Fsp3) is 0.562. The highest BCUT2D eigenvalue weighted by Gasteiger charge is 2.25. The summed E-state index contributed by atoms with van der Waals surface area (Å²) in [7, 11) is 0. The molecule has 1 aliphatic carbocycles. The third kappa shape index (κ3) is 4.35. The van der Waals surface area contributed by atoms with Crippen LogP contribution in [0.25, 0.3) is 0 Å². The number of hydrogen-bond acceptors (Lipinski definition) is 2. The van der Waals surface area contributed by atoms with E-state index in [1.807, 2.05) is 30.3 Å². The van der Waals surface area contributed by atoms with Crippen LogP contribution in [-0.4, -0.2) is 23.7 Å². The summed E-state index contributed by atoms with van der Waals surface area (Å²) >= 11 is 0. The molecule has 0 saturated heterocycles. The van der Waals surface area contributed by atoms with E-state index in [-0.39, 0.29) is 24.5 Å². The minimum absolute atomic E-state index is 0.106. The van der Waals surface area contributed by atoms with E-state index < -0.39 is 0 Å². The quantitative estimate of drug-likeness (QED) is 0.854. The van der Waals surface area contributed by atoms with Gasteiger partial charge in [0.2, 0.25) is 5.91 Å². The number of aryl methyl sites for hydroxylation is 1. The lowest BCUT2D eigenvalue weighted by Gasteiger charge is -2.30. The summed E-state index contributed by atoms with van der Waals surface area (Å²) in [5, 5.41) is 12.4. The van der Waals surface area contributed by atoms with Crippen molar-refractivity contribution in [1.29, 1.82) is 0 Å². The van der Waals surface area contributed by atoms with Crippen molar-refractivity contribution in [3.8, 4) is 0 Å². The molecular formula is C16H23NO2. The summed E-state index contributed by atoms with van der Waals surface area (Å²) in [5.74, 6) is 0.351. The molecule has 3 nitrogen and oxygen atoms in total. The monoisotopic (exact) mass is 261 g/mol. The number of carbonyl (C=O) groups is 1. The second kappa shape index (κ2) is 7.29. The third-order valence-corrected chi connectivity index (χ3v) is 3.97. The zero-order chi connectivity index (χ0) is 13.5. The molecule has 1 aromatic rings. The summed E-state index contributed by atoms with van der Waals surface area (Å²) in [5.41, 5.74) is 1.19. The van der Waals surface area contributed by atoms with E-state index in [4.69, 9.17) is 0 Å². The van der Waals surface area contributed by atoms with Gasteiger partial charge < -0.3 is 10.4 Å². The molecule has 0 aliphatic heterocycles. The van der Waals surface area contributed by atoms with Crippen LogP contribution in [0, 0.1) is 5.92 Å². The van der Waals surface area contributed by atoms with Gasteiger partial charge in [0.05, 0.1) is 0 Å². The number of benzene rings is 1. The number of nitrogens with one attached hydrogen (secondary N) is 1. The number of hydrogen-bond donors (Lipinski definition) is 2. The van der Waals surface area contributed by atoms with E-state index in [9.17, 15) is 9.90 Å². The number of rotatable bonds is 5. The molecule has 2 N–H and O–H groups in total. The molecule has 0 bridgehead atoms. The molecule has 2 rings (SSSR count). The predicted molar refractivity (Wildman–Crippen MR) is 75.7 cm³/mol. The maximum atomic E-state index is 12.0. The van der Waals surface area contributed by atoms with Crippen LogP contribution in [0.4, 0.5) is 0 Å². The SMILES string of the molecule is O=C(CCc1ccccc1)NC1CCCCC1CO. The van der Waals surface area contributed by atoms with Crippen LogP contribution in [0.15, 0.2) is 30.3 Å². The van der Waals surface area contributed by atoms with Gasteiger partial charge in [-0.2, -0.15) is 0 Å². The zero-order valence-electron chi connectivity index (χ0n) is 11.3. The Morgan fingerprint density at radius 3 is 2.68 bits per heavy atom. The van der Waals surface area contributed by atoms with Gasteiger partial charge in [0.25, 0.3) is 0 Å². The second-order valence-corrected chi connectivity index (χ2v) is 5.39. The van der Waals surface area contributed by atoms with E-state index in [0.717, 1.165) is 25.7 Å². The summed E-state index contributed by atoms with van der Waals surface area (Å²) < 4.78 is 0. The fourth-order valence-electron chi connectivity index (χ4n) is 2.80. The number of carbonyl (C=O) groups excluding carboxylic acids is 1. The Balaban J connectivity index is 1.77. The molecule has 1 fully saturated rings. The number of aliphatic hydroxyl groups is 1. The third-order valence-electron chi connectivity index (χ3n) is 3.97. The first-order valence-electron chi connectivity index (χ1n) is 7.23. The van der Waals surface area contributed by atoms with Crippen LogP contribution in [-0.2, 0) is 11.2 Å². The molecule has 0 heterocycles. The van der Waals surface area contributed by atoms with Crippen molar-refractivity contribution in [3.63, 3.8) is 0 Å². The Kier molecular flexibility index (Phi) is 5.40. The lowest BCUT2D eigenvalue weighted by molar-refractivity contribution is -0.122. The molecule has 0 aromatic heterocycles. The van der Waals surface area contributed by atoms with Gasteiger partial charge in [-0.3, -0.25) is 4.79 Å². The van der Waals surface area contributed by atoms with Crippen molar-refractivity contribution in [2.75, 3.05) is 6.61 Å². The molecule has 1 aliphatic rings. The topological polar surface area (TPSA) is 49.3 Å². The molecule has 2 atom stereocenters. The maximum absolute atomic E-state index is 12.0. The Hall–Kier alpha value is -1.35. The first-order valence-corrected chi connectivity index (χ1v) is 7.23. The van der Waals surface area contributed by atoms with Crippen LogP contribution in [0.3, 0.4) is 0 Å². The van der Waals surface area contributed by atoms with Crippen LogP contribution in [0.5, 0.6) is 0 Å². The first-order chi connectivity index (χ1) is 9.29. The normalized spacial score (nSPS) is 23.0. The van der Waals surface area contributed by atoms with Gasteiger partial charge in [-0.1, -0.05) is 43.2 Å². The van der Waals surface area contributed by atoms with Crippen molar-refractivity contribution < 1.29 is 9.90 Å². The maximum Gasteiger partial charge on any atom is 0.220 e. The standard InChI is InChI=1S/C16H23NO2/c18-12-14-8-4-5-9-15(14)17-16(19)11-10-13-6-2-1-3-7-13/h1-3,6-7,14-15,18H,4-5,8-12H2,(H,17,19). The highest BCUT2D eigenvalue weighted by atomic mass is 16.3. The average molecular weight is 261 g/mol. The molecule has 0 radical (unpaired) electrons. The van der Waals surface area contributed by atoms with Gasteiger partial charge in [0.15, 0.2) is 0 Å². The highest BCUT2D eigenvalue weighted by molar-refractivity contribution is 5.76. The van der Waals surface area contributed by atoms with Crippen molar-refractivity contribution in [2.24, 2.45) is 5.92 Å².